The average molecular weight is 356 g/mol. The Morgan fingerprint density at radius 2 is 2.05 bits per heavy atom. The van der Waals surface area contributed by atoms with Gasteiger partial charge in [0.25, 0.3) is 0 Å². The van der Waals surface area contributed by atoms with Crippen molar-refractivity contribution in [1.29, 1.82) is 0 Å². The number of carbonyl (C=O) groups excluding carboxylic acids is 1. The van der Waals surface area contributed by atoms with Gasteiger partial charge in [0, 0.05) is 31.5 Å². The highest BCUT2D eigenvalue weighted by molar-refractivity contribution is 9.06. The zero-order valence-electron chi connectivity index (χ0n) is 12.8. The summed E-state index contributed by atoms with van der Waals surface area (Å²) < 4.78 is 10.2. The lowest BCUT2D eigenvalue weighted by Gasteiger charge is -2.36. The summed E-state index contributed by atoms with van der Waals surface area (Å²) in [6.07, 6.45) is 2.05. The molecular formula is C16H22BrNO3. The first-order chi connectivity index (χ1) is 10.1. The highest BCUT2D eigenvalue weighted by atomic mass is 79.9. The minimum absolute atomic E-state index is 0.347. The third kappa shape index (κ3) is 3.58. The number of nitrogens with zero attached hydrogens (tertiary/aromatic N) is 1. The molecule has 0 aliphatic carbocycles. The molecule has 0 atom stereocenters. The lowest BCUT2D eigenvalue weighted by molar-refractivity contribution is 0.0780. The molecule has 2 rings (SSSR count). The van der Waals surface area contributed by atoms with Crippen molar-refractivity contribution in [3.05, 3.63) is 28.8 Å². The van der Waals surface area contributed by atoms with Crippen LogP contribution in [0.15, 0.2) is 12.1 Å². The highest BCUT2D eigenvalue weighted by Gasteiger charge is 2.24. The Labute approximate surface area is 134 Å². The zero-order chi connectivity index (χ0) is 15.4. The lowest BCUT2D eigenvalue weighted by Crippen LogP contribution is -2.40. The molecule has 21 heavy (non-hydrogen) atoms. The van der Waals surface area contributed by atoms with Crippen LogP contribution in [0.4, 0.5) is 5.69 Å². The molecule has 4 nitrogen and oxygen atoms in total. The van der Waals surface area contributed by atoms with Crippen molar-refractivity contribution >= 4 is 27.9 Å². The summed E-state index contributed by atoms with van der Waals surface area (Å²) in [5, 5.41) is 0. The standard InChI is InChI=1S/C16H22BrNO3/c1-4-18(13-5-7-20-8-6-13)15-10-11(2)9-14(12(15)3)16(19)21-17/h9-10,13H,4-8H2,1-3H3. The predicted octanol–water partition coefficient (Wildman–Crippen LogP) is 3.78. The fourth-order valence-corrected chi connectivity index (χ4v) is 3.19. The normalized spacial score (nSPS) is 15.8. The van der Waals surface area contributed by atoms with E-state index >= 15 is 0 Å². The lowest BCUT2D eigenvalue weighted by atomic mass is 9.99. The summed E-state index contributed by atoms with van der Waals surface area (Å²) in [7, 11) is 0. The highest BCUT2D eigenvalue weighted by Crippen LogP contribution is 2.30. The molecule has 5 heteroatoms. The van der Waals surface area contributed by atoms with Crippen LogP contribution in [0.5, 0.6) is 0 Å². The van der Waals surface area contributed by atoms with E-state index in [2.05, 4.69) is 34.1 Å². The molecule has 0 spiro atoms. The maximum atomic E-state index is 11.9. The zero-order valence-corrected chi connectivity index (χ0v) is 14.4. The summed E-state index contributed by atoms with van der Waals surface area (Å²) in [5.41, 5.74) is 3.78. The van der Waals surface area contributed by atoms with Gasteiger partial charge in [-0.15, -0.1) is 0 Å². The molecule has 0 aromatic heterocycles. The van der Waals surface area contributed by atoms with Crippen LogP contribution in [0.25, 0.3) is 0 Å². The van der Waals surface area contributed by atoms with Crippen LogP contribution in [-0.4, -0.2) is 31.8 Å². The maximum Gasteiger partial charge on any atom is 0.349 e. The molecule has 0 saturated carbocycles. The number of carbonyl (C=O) groups is 1. The summed E-state index contributed by atoms with van der Waals surface area (Å²) in [5.74, 6) is -0.347. The Bertz CT molecular complexity index is 512. The summed E-state index contributed by atoms with van der Waals surface area (Å²) in [6.45, 7) is 8.67. The van der Waals surface area contributed by atoms with Crippen LogP contribution in [0.1, 0.15) is 41.3 Å². The van der Waals surface area contributed by atoms with Gasteiger partial charge in [-0.2, -0.15) is 0 Å². The number of ether oxygens (including phenoxy) is 1. The van der Waals surface area contributed by atoms with Crippen LogP contribution in [0, 0.1) is 13.8 Å². The number of rotatable bonds is 4. The molecule has 1 aromatic carbocycles. The molecule has 116 valence electrons. The second-order valence-corrected chi connectivity index (χ2v) is 5.77. The molecule has 0 unspecified atom stereocenters. The van der Waals surface area contributed by atoms with E-state index in [-0.39, 0.29) is 5.97 Å². The molecule has 1 aliphatic rings. The van der Waals surface area contributed by atoms with Gasteiger partial charge in [0.2, 0.25) is 0 Å². The monoisotopic (exact) mass is 355 g/mol. The van der Waals surface area contributed by atoms with E-state index in [1.54, 1.807) is 0 Å². The van der Waals surface area contributed by atoms with Gasteiger partial charge in [0.15, 0.2) is 16.3 Å². The van der Waals surface area contributed by atoms with Gasteiger partial charge in [0.1, 0.15) is 0 Å². The van der Waals surface area contributed by atoms with Crippen LogP contribution in [0.2, 0.25) is 0 Å². The van der Waals surface area contributed by atoms with E-state index in [1.165, 1.54) is 0 Å². The first-order valence-corrected chi connectivity index (χ1v) is 8.01. The maximum absolute atomic E-state index is 11.9. The minimum Gasteiger partial charge on any atom is -0.381 e. The minimum atomic E-state index is -0.347. The first kappa shape index (κ1) is 16.3. The second-order valence-electron chi connectivity index (χ2n) is 5.45. The van der Waals surface area contributed by atoms with Crippen molar-refractivity contribution in [1.82, 2.24) is 0 Å². The molecule has 0 N–H and O–H groups in total. The van der Waals surface area contributed by atoms with Crippen LogP contribution < -0.4 is 4.90 Å². The van der Waals surface area contributed by atoms with E-state index < -0.39 is 0 Å². The Hall–Kier alpha value is -1.07. The van der Waals surface area contributed by atoms with Gasteiger partial charge >= 0.3 is 5.97 Å². The van der Waals surface area contributed by atoms with Crippen LogP contribution in [-0.2, 0) is 8.57 Å². The van der Waals surface area contributed by atoms with Crippen molar-refractivity contribution in [2.45, 2.75) is 39.7 Å². The van der Waals surface area contributed by atoms with E-state index in [4.69, 9.17) is 8.57 Å². The van der Waals surface area contributed by atoms with Crippen molar-refractivity contribution in [3.63, 3.8) is 0 Å². The van der Waals surface area contributed by atoms with Crippen molar-refractivity contribution < 1.29 is 13.4 Å². The van der Waals surface area contributed by atoms with Gasteiger partial charge in [-0.25, -0.2) is 4.79 Å². The number of halogens is 1. The Morgan fingerprint density at radius 3 is 2.62 bits per heavy atom. The van der Waals surface area contributed by atoms with Crippen molar-refractivity contribution in [3.8, 4) is 0 Å². The molecule has 0 radical (unpaired) electrons. The third-order valence-electron chi connectivity index (χ3n) is 4.10. The number of anilines is 1. The van der Waals surface area contributed by atoms with E-state index in [1.807, 2.05) is 19.9 Å². The number of aryl methyl sites for hydroxylation is 1. The predicted molar refractivity (Wildman–Crippen MR) is 87.1 cm³/mol. The average Bonchev–Trinajstić information content (AvgIpc) is 2.51. The van der Waals surface area contributed by atoms with E-state index in [9.17, 15) is 4.79 Å². The molecule has 0 amide bonds. The van der Waals surface area contributed by atoms with E-state index in [0.29, 0.717) is 11.6 Å². The largest absolute Gasteiger partial charge is 0.381 e. The number of hydrogen-bond acceptors (Lipinski definition) is 4. The fraction of sp³-hybridized carbons (Fsp3) is 0.562. The fourth-order valence-electron chi connectivity index (χ4n) is 3.01. The van der Waals surface area contributed by atoms with Gasteiger partial charge in [-0.3, -0.25) is 0 Å². The molecule has 1 heterocycles. The van der Waals surface area contributed by atoms with Gasteiger partial charge in [0.05, 0.1) is 5.56 Å². The molecule has 1 aliphatic heterocycles. The molecule has 1 saturated heterocycles. The SMILES string of the molecule is CCN(c1cc(C)cc(C(=O)OBr)c1C)C1CCOCC1. The van der Waals surface area contributed by atoms with Gasteiger partial charge < -0.3 is 13.5 Å². The smallest absolute Gasteiger partial charge is 0.349 e. The summed E-state index contributed by atoms with van der Waals surface area (Å²) in [6, 6.07) is 4.50. The first-order valence-electron chi connectivity index (χ1n) is 7.37. The number of hydrogen-bond donors (Lipinski definition) is 0. The van der Waals surface area contributed by atoms with E-state index in [0.717, 1.165) is 49.4 Å². The Kier molecular flexibility index (Phi) is 5.65. The summed E-state index contributed by atoms with van der Waals surface area (Å²) >= 11 is 2.79. The second kappa shape index (κ2) is 7.27. The number of benzene rings is 1. The molecule has 1 aromatic rings. The third-order valence-corrected chi connectivity index (χ3v) is 4.39. The molecular weight excluding hydrogens is 334 g/mol. The molecule has 0 bridgehead atoms. The van der Waals surface area contributed by atoms with Gasteiger partial charge in [-0.1, -0.05) is 0 Å². The quantitative estimate of drug-likeness (QED) is 0.823. The molecule has 1 fully saturated rings. The Morgan fingerprint density at radius 1 is 1.38 bits per heavy atom. The Balaban J connectivity index is 2.40. The van der Waals surface area contributed by atoms with Gasteiger partial charge in [-0.05, 0) is 56.9 Å². The van der Waals surface area contributed by atoms with Crippen LogP contribution in [0.3, 0.4) is 0 Å². The van der Waals surface area contributed by atoms with Crippen LogP contribution >= 0.6 is 16.3 Å². The van der Waals surface area contributed by atoms with Crippen molar-refractivity contribution in [2.24, 2.45) is 0 Å². The summed E-state index contributed by atoms with van der Waals surface area (Å²) in [4.78, 5) is 14.3. The van der Waals surface area contributed by atoms with Crippen molar-refractivity contribution in [2.75, 3.05) is 24.7 Å². The topological polar surface area (TPSA) is 38.8 Å².